The molecule has 10 nitrogen and oxygen atoms in total. The fraction of sp³-hybridized carbons (Fsp3) is 0.435. The largest absolute Gasteiger partial charge is 0.493 e. The van der Waals surface area contributed by atoms with Crippen LogP contribution in [-0.4, -0.2) is 69.1 Å². The number of rotatable bonds is 7. The van der Waals surface area contributed by atoms with E-state index in [-0.39, 0.29) is 30.4 Å². The zero-order valence-corrected chi connectivity index (χ0v) is 20.0. The summed E-state index contributed by atoms with van der Waals surface area (Å²) in [5, 5.41) is 11.3. The second-order valence-corrected chi connectivity index (χ2v) is 8.40. The van der Waals surface area contributed by atoms with Crippen molar-refractivity contribution in [2.45, 2.75) is 32.0 Å². The molecule has 1 aromatic carbocycles. The van der Waals surface area contributed by atoms with E-state index in [1.807, 2.05) is 6.92 Å². The second kappa shape index (κ2) is 10.4. The highest BCUT2D eigenvalue weighted by Gasteiger charge is 2.35. The second-order valence-electron chi connectivity index (χ2n) is 8.40. The predicted molar refractivity (Wildman–Crippen MR) is 123 cm³/mol. The van der Waals surface area contributed by atoms with Crippen LogP contribution < -0.4 is 14.8 Å². The van der Waals surface area contributed by atoms with E-state index in [2.05, 4.69) is 25.5 Å². The summed E-state index contributed by atoms with van der Waals surface area (Å²) in [4.78, 5) is 24.5. The van der Waals surface area contributed by atoms with Crippen molar-refractivity contribution < 1.29 is 27.4 Å². The van der Waals surface area contributed by atoms with Crippen molar-refractivity contribution >= 4 is 11.9 Å². The minimum Gasteiger partial charge on any atom is -0.493 e. The van der Waals surface area contributed by atoms with Crippen molar-refractivity contribution in [1.82, 2.24) is 29.9 Å². The molecule has 1 fully saturated rings. The molecule has 0 aliphatic carbocycles. The first-order chi connectivity index (χ1) is 17.2. The Kier molecular flexibility index (Phi) is 7.27. The van der Waals surface area contributed by atoms with Crippen LogP contribution in [0.3, 0.4) is 0 Å². The molecule has 4 rings (SSSR count). The SMILES string of the molecule is COc1cc(C(=O)N2CCC[C@@H](C)[C@H]2CNc2ncc(C(F)(F)F)cn2)c(-n2nccn2)cc1OC. The first-order valence-corrected chi connectivity index (χ1v) is 11.3. The third kappa shape index (κ3) is 5.19. The molecule has 2 aromatic heterocycles. The van der Waals surface area contributed by atoms with Crippen molar-refractivity contribution in [3.63, 3.8) is 0 Å². The summed E-state index contributed by atoms with van der Waals surface area (Å²) in [7, 11) is 2.98. The van der Waals surface area contributed by atoms with Gasteiger partial charge in [0.05, 0.1) is 43.8 Å². The zero-order chi connectivity index (χ0) is 25.9. The van der Waals surface area contributed by atoms with E-state index >= 15 is 0 Å². The Labute approximate surface area is 205 Å². The van der Waals surface area contributed by atoms with Crippen molar-refractivity contribution in [1.29, 1.82) is 0 Å². The number of hydrogen-bond donors (Lipinski definition) is 1. The lowest BCUT2D eigenvalue weighted by atomic mass is 9.90. The van der Waals surface area contributed by atoms with E-state index in [0.29, 0.717) is 29.3 Å². The number of methoxy groups -OCH3 is 2. The van der Waals surface area contributed by atoms with Gasteiger partial charge in [0.1, 0.15) is 5.69 Å². The van der Waals surface area contributed by atoms with Crippen LogP contribution in [-0.2, 0) is 6.18 Å². The van der Waals surface area contributed by atoms with Crippen molar-refractivity contribution in [2.24, 2.45) is 5.92 Å². The number of carbonyl (C=O) groups is 1. The van der Waals surface area contributed by atoms with Gasteiger partial charge in [0.15, 0.2) is 11.5 Å². The third-order valence-electron chi connectivity index (χ3n) is 6.19. The van der Waals surface area contributed by atoms with E-state index in [1.54, 1.807) is 17.0 Å². The van der Waals surface area contributed by atoms with Gasteiger partial charge in [-0.1, -0.05) is 6.92 Å². The summed E-state index contributed by atoms with van der Waals surface area (Å²) in [6.45, 7) is 2.80. The predicted octanol–water partition coefficient (Wildman–Crippen LogP) is 3.45. The number of carbonyl (C=O) groups excluding carboxylic acids is 1. The molecule has 1 aliphatic heterocycles. The number of likely N-dealkylation sites (tertiary alicyclic amines) is 1. The fourth-order valence-electron chi connectivity index (χ4n) is 4.27. The van der Waals surface area contributed by atoms with Crippen LogP contribution in [0.5, 0.6) is 11.5 Å². The van der Waals surface area contributed by atoms with Crippen LogP contribution in [0.25, 0.3) is 5.69 Å². The highest BCUT2D eigenvalue weighted by molar-refractivity contribution is 5.99. The number of anilines is 1. The minimum absolute atomic E-state index is 0.0562. The summed E-state index contributed by atoms with van der Waals surface area (Å²) in [5.74, 6) is 0.729. The number of aromatic nitrogens is 5. The van der Waals surface area contributed by atoms with Gasteiger partial charge in [-0.25, -0.2) is 9.97 Å². The average molecular weight is 506 g/mol. The van der Waals surface area contributed by atoms with Gasteiger partial charge in [-0.05, 0) is 24.8 Å². The van der Waals surface area contributed by atoms with Crippen LogP contribution in [0.1, 0.15) is 35.7 Å². The smallest absolute Gasteiger partial charge is 0.419 e. The number of nitrogens with zero attached hydrogens (tertiary/aromatic N) is 6. The first-order valence-electron chi connectivity index (χ1n) is 11.3. The normalized spacial score (nSPS) is 18.1. The number of nitrogens with one attached hydrogen (secondary N) is 1. The number of benzene rings is 1. The van der Waals surface area contributed by atoms with Crippen molar-refractivity contribution in [2.75, 3.05) is 32.6 Å². The lowest BCUT2D eigenvalue weighted by molar-refractivity contribution is -0.138. The van der Waals surface area contributed by atoms with Gasteiger partial charge in [-0.2, -0.15) is 28.2 Å². The van der Waals surface area contributed by atoms with Gasteiger partial charge in [0, 0.05) is 31.5 Å². The van der Waals surface area contributed by atoms with Crippen LogP contribution in [0, 0.1) is 5.92 Å². The Morgan fingerprint density at radius 2 is 1.75 bits per heavy atom. The van der Waals surface area contributed by atoms with E-state index in [4.69, 9.17) is 9.47 Å². The van der Waals surface area contributed by atoms with Crippen LogP contribution in [0.2, 0.25) is 0 Å². The van der Waals surface area contributed by atoms with Gasteiger partial charge in [0.2, 0.25) is 5.95 Å². The molecule has 1 N–H and O–H groups in total. The van der Waals surface area contributed by atoms with E-state index in [0.717, 1.165) is 25.2 Å². The van der Waals surface area contributed by atoms with Crippen LogP contribution >= 0.6 is 0 Å². The standard InChI is InChI=1S/C23H26F3N7O3/c1-14-5-4-8-32(18(14)13-29-22-27-11-15(12-28-22)23(24,25)26)21(34)16-9-19(35-2)20(36-3)10-17(16)33-30-6-7-31-33/h6-7,9-12,14,18H,4-5,8,13H2,1-3H3,(H,27,28,29)/t14-,18-/m1/s1. The van der Waals surface area contributed by atoms with Gasteiger partial charge in [-0.15, -0.1) is 0 Å². The zero-order valence-electron chi connectivity index (χ0n) is 20.0. The summed E-state index contributed by atoms with van der Waals surface area (Å²) >= 11 is 0. The van der Waals surface area contributed by atoms with Gasteiger partial charge in [-0.3, -0.25) is 4.79 Å². The molecule has 36 heavy (non-hydrogen) atoms. The maximum Gasteiger partial charge on any atom is 0.419 e. The number of halogens is 3. The Hall–Kier alpha value is -3.90. The molecule has 3 aromatic rings. The molecule has 1 amide bonds. The molecule has 1 saturated heterocycles. The Morgan fingerprint density at radius 3 is 2.36 bits per heavy atom. The quantitative estimate of drug-likeness (QED) is 0.521. The minimum atomic E-state index is -4.51. The molecular weight excluding hydrogens is 479 g/mol. The number of ether oxygens (including phenoxy) is 2. The molecule has 0 saturated carbocycles. The monoisotopic (exact) mass is 505 g/mol. The maximum absolute atomic E-state index is 13.9. The molecule has 0 bridgehead atoms. The number of alkyl halides is 3. The molecular formula is C23H26F3N7O3. The Balaban J connectivity index is 1.61. The summed E-state index contributed by atoms with van der Waals surface area (Å²) in [5.41, 5.74) is -0.170. The molecule has 3 heterocycles. The fourth-order valence-corrected chi connectivity index (χ4v) is 4.27. The molecule has 0 spiro atoms. The van der Waals surface area contributed by atoms with Gasteiger partial charge < -0.3 is 19.7 Å². The summed E-state index contributed by atoms with van der Waals surface area (Å²) < 4.78 is 49.3. The molecule has 2 atom stereocenters. The van der Waals surface area contributed by atoms with Gasteiger partial charge >= 0.3 is 6.18 Å². The number of piperidine rings is 1. The highest BCUT2D eigenvalue weighted by atomic mass is 19.4. The lowest BCUT2D eigenvalue weighted by Gasteiger charge is -2.40. The molecule has 0 unspecified atom stereocenters. The molecule has 1 aliphatic rings. The maximum atomic E-state index is 13.9. The van der Waals surface area contributed by atoms with E-state index in [9.17, 15) is 18.0 Å². The van der Waals surface area contributed by atoms with Crippen LogP contribution in [0.15, 0.2) is 36.9 Å². The number of hydrogen-bond acceptors (Lipinski definition) is 8. The van der Waals surface area contributed by atoms with Crippen LogP contribution in [0.4, 0.5) is 19.1 Å². The molecule has 0 radical (unpaired) electrons. The average Bonchev–Trinajstić information content (AvgIpc) is 3.41. The topological polar surface area (TPSA) is 107 Å². The summed E-state index contributed by atoms with van der Waals surface area (Å²) in [6.07, 6.45) is 1.66. The van der Waals surface area contributed by atoms with Gasteiger partial charge in [0.25, 0.3) is 5.91 Å². The highest BCUT2D eigenvalue weighted by Crippen LogP contribution is 2.34. The molecule has 192 valence electrons. The lowest BCUT2D eigenvalue weighted by Crippen LogP contribution is -2.51. The van der Waals surface area contributed by atoms with Crippen molar-refractivity contribution in [3.05, 3.63) is 48.0 Å². The number of amides is 1. The van der Waals surface area contributed by atoms with E-state index < -0.39 is 11.7 Å². The summed E-state index contributed by atoms with van der Waals surface area (Å²) in [6, 6.07) is 2.98. The molecule has 13 heteroatoms. The Bertz CT molecular complexity index is 1190. The van der Waals surface area contributed by atoms with E-state index in [1.165, 1.54) is 31.4 Å². The Morgan fingerprint density at radius 1 is 1.11 bits per heavy atom. The van der Waals surface area contributed by atoms with Crippen molar-refractivity contribution in [3.8, 4) is 17.2 Å². The first kappa shape index (κ1) is 25.2. The third-order valence-corrected chi connectivity index (χ3v) is 6.19.